The van der Waals surface area contributed by atoms with Gasteiger partial charge in [-0.1, -0.05) is 0 Å². The SMILES string of the molecule is CCOCC1(C)C[C@@H](N)c2cc(OC)ccc2O1. The van der Waals surface area contributed by atoms with E-state index in [0.717, 1.165) is 23.5 Å². The topological polar surface area (TPSA) is 53.7 Å². The highest BCUT2D eigenvalue weighted by atomic mass is 16.5. The van der Waals surface area contributed by atoms with Crippen LogP contribution in [0.5, 0.6) is 11.5 Å². The average Bonchev–Trinajstić information content (AvgIpc) is 2.36. The van der Waals surface area contributed by atoms with Gasteiger partial charge in [0, 0.05) is 24.6 Å². The van der Waals surface area contributed by atoms with Gasteiger partial charge < -0.3 is 19.9 Å². The van der Waals surface area contributed by atoms with Crippen LogP contribution in [0.25, 0.3) is 0 Å². The van der Waals surface area contributed by atoms with Crippen molar-refractivity contribution < 1.29 is 14.2 Å². The third-order valence-corrected chi connectivity index (χ3v) is 3.24. The fraction of sp³-hybridized carbons (Fsp3) is 0.571. The van der Waals surface area contributed by atoms with Gasteiger partial charge in [0.05, 0.1) is 13.7 Å². The van der Waals surface area contributed by atoms with Gasteiger partial charge in [0.15, 0.2) is 0 Å². The van der Waals surface area contributed by atoms with Gasteiger partial charge in [0.1, 0.15) is 17.1 Å². The molecule has 4 heteroatoms. The van der Waals surface area contributed by atoms with Crippen molar-refractivity contribution >= 4 is 0 Å². The Bertz CT molecular complexity index is 422. The van der Waals surface area contributed by atoms with E-state index in [1.165, 1.54) is 0 Å². The van der Waals surface area contributed by atoms with E-state index in [2.05, 4.69) is 0 Å². The van der Waals surface area contributed by atoms with E-state index in [-0.39, 0.29) is 11.6 Å². The molecule has 18 heavy (non-hydrogen) atoms. The second-order valence-electron chi connectivity index (χ2n) is 4.90. The summed E-state index contributed by atoms with van der Waals surface area (Å²) in [7, 11) is 1.65. The highest BCUT2D eigenvalue weighted by Crippen LogP contribution is 2.40. The molecule has 1 aromatic carbocycles. The normalized spacial score (nSPS) is 26.3. The number of benzene rings is 1. The molecule has 1 aromatic rings. The Balaban J connectivity index is 2.23. The van der Waals surface area contributed by atoms with Crippen LogP contribution in [0.2, 0.25) is 0 Å². The quantitative estimate of drug-likeness (QED) is 0.892. The summed E-state index contributed by atoms with van der Waals surface area (Å²) in [4.78, 5) is 0. The zero-order valence-electron chi connectivity index (χ0n) is 11.2. The lowest BCUT2D eigenvalue weighted by Crippen LogP contribution is -2.44. The smallest absolute Gasteiger partial charge is 0.131 e. The summed E-state index contributed by atoms with van der Waals surface area (Å²) in [5.41, 5.74) is 6.88. The van der Waals surface area contributed by atoms with Gasteiger partial charge in [-0.25, -0.2) is 0 Å². The first-order valence-electron chi connectivity index (χ1n) is 6.28. The molecular weight excluding hydrogens is 230 g/mol. The third-order valence-electron chi connectivity index (χ3n) is 3.24. The molecule has 0 aliphatic carbocycles. The molecule has 0 radical (unpaired) electrons. The number of ether oxygens (including phenoxy) is 3. The van der Waals surface area contributed by atoms with Crippen LogP contribution < -0.4 is 15.2 Å². The average molecular weight is 251 g/mol. The van der Waals surface area contributed by atoms with E-state index >= 15 is 0 Å². The minimum atomic E-state index is -0.350. The summed E-state index contributed by atoms with van der Waals surface area (Å²) >= 11 is 0. The summed E-state index contributed by atoms with van der Waals surface area (Å²) < 4.78 is 16.7. The van der Waals surface area contributed by atoms with Crippen molar-refractivity contribution in [3.8, 4) is 11.5 Å². The monoisotopic (exact) mass is 251 g/mol. The summed E-state index contributed by atoms with van der Waals surface area (Å²) in [6, 6.07) is 5.70. The minimum Gasteiger partial charge on any atom is -0.497 e. The fourth-order valence-corrected chi connectivity index (χ4v) is 2.32. The van der Waals surface area contributed by atoms with E-state index in [9.17, 15) is 0 Å². The lowest BCUT2D eigenvalue weighted by atomic mass is 9.89. The first-order valence-corrected chi connectivity index (χ1v) is 6.28. The maximum Gasteiger partial charge on any atom is 0.131 e. The minimum absolute atomic E-state index is 0.0469. The fourth-order valence-electron chi connectivity index (χ4n) is 2.32. The van der Waals surface area contributed by atoms with Gasteiger partial charge in [0.2, 0.25) is 0 Å². The van der Waals surface area contributed by atoms with E-state index in [1.807, 2.05) is 32.0 Å². The van der Waals surface area contributed by atoms with Gasteiger partial charge in [-0.05, 0) is 32.0 Å². The van der Waals surface area contributed by atoms with Crippen molar-refractivity contribution in [1.82, 2.24) is 0 Å². The number of fused-ring (bicyclic) bond motifs is 1. The van der Waals surface area contributed by atoms with Crippen molar-refractivity contribution in [2.45, 2.75) is 31.9 Å². The van der Waals surface area contributed by atoms with Crippen molar-refractivity contribution in [3.05, 3.63) is 23.8 Å². The Kier molecular flexibility index (Phi) is 3.78. The molecule has 1 heterocycles. The van der Waals surface area contributed by atoms with Crippen LogP contribution in [0.4, 0.5) is 0 Å². The maximum atomic E-state index is 6.23. The molecule has 0 aromatic heterocycles. The highest BCUT2D eigenvalue weighted by Gasteiger charge is 2.36. The summed E-state index contributed by atoms with van der Waals surface area (Å²) in [5.74, 6) is 1.64. The number of nitrogens with two attached hydrogens (primary N) is 1. The molecule has 0 bridgehead atoms. The second-order valence-corrected chi connectivity index (χ2v) is 4.90. The molecular formula is C14H21NO3. The predicted molar refractivity (Wildman–Crippen MR) is 70.1 cm³/mol. The molecule has 0 saturated carbocycles. The van der Waals surface area contributed by atoms with E-state index in [1.54, 1.807) is 7.11 Å². The van der Waals surface area contributed by atoms with Gasteiger partial charge >= 0.3 is 0 Å². The zero-order valence-corrected chi connectivity index (χ0v) is 11.2. The zero-order chi connectivity index (χ0) is 13.2. The van der Waals surface area contributed by atoms with Gasteiger partial charge in [-0.15, -0.1) is 0 Å². The van der Waals surface area contributed by atoms with Crippen LogP contribution in [-0.4, -0.2) is 25.9 Å². The number of rotatable bonds is 4. The summed E-state index contributed by atoms with van der Waals surface area (Å²) in [5, 5.41) is 0. The lowest BCUT2D eigenvalue weighted by Gasteiger charge is -2.38. The van der Waals surface area contributed by atoms with Gasteiger partial charge in [-0.2, -0.15) is 0 Å². The van der Waals surface area contributed by atoms with Crippen LogP contribution in [0.1, 0.15) is 31.9 Å². The Hall–Kier alpha value is -1.26. The van der Waals surface area contributed by atoms with E-state index in [4.69, 9.17) is 19.9 Å². The maximum absolute atomic E-state index is 6.23. The number of hydrogen-bond donors (Lipinski definition) is 1. The standard InChI is InChI=1S/C14H21NO3/c1-4-17-9-14(2)8-12(15)11-7-10(16-3)5-6-13(11)18-14/h5-7,12H,4,8-9,15H2,1-3H3/t12-,14?/m1/s1. The van der Waals surface area contributed by atoms with Crippen LogP contribution in [0.3, 0.4) is 0 Å². The first kappa shape index (κ1) is 13.2. The van der Waals surface area contributed by atoms with Crippen LogP contribution in [-0.2, 0) is 4.74 Å². The molecule has 4 nitrogen and oxygen atoms in total. The summed E-state index contributed by atoms with van der Waals surface area (Å²) in [6.07, 6.45) is 0.743. The van der Waals surface area contributed by atoms with Crippen molar-refractivity contribution in [2.75, 3.05) is 20.3 Å². The van der Waals surface area contributed by atoms with Crippen molar-refractivity contribution in [1.29, 1.82) is 0 Å². The molecule has 2 atom stereocenters. The molecule has 100 valence electrons. The third kappa shape index (κ3) is 2.60. The Morgan fingerprint density at radius 3 is 2.94 bits per heavy atom. The van der Waals surface area contributed by atoms with Crippen molar-refractivity contribution in [2.24, 2.45) is 5.73 Å². The molecule has 1 unspecified atom stereocenters. The highest BCUT2D eigenvalue weighted by molar-refractivity contribution is 5.44. The molecule has 0 spiro atoms. The predicted octanol–water partition coefficient (Wildman–Crippen LogP) is 2.27. The van der Waals surface area contributed by atoms with E-state index in [0.29, 0.717) is 13.2 Å². The number of hydrogen-bond acceptors (Lipinski definition) is 4. The Morgan fingerprint density at radius 2 is 2.28 bits per heavy atom. The molecule has 0 fully saturated rings. The molecule has 0 amide bonds. The Morgan fingerprint density at radius 1 is 1.50 bits per heavy atom. The molecule has 0 saturated heterocycles. The van der Waals surface area contributed by atoms with Gasteiger partial charge in [0.25, 0.3) is 0 Å². The van der Waals surface area contributed by atoms with Crippen LogP contribution >= 0.6 is 0 Å². The molecule has 1 aliphatic heterocycles. The lowest BCUT2D eigenvalue weighted by molar-refractivity contribution is -0.0302. The van der Waals surface area contributed by atoms with Crippen LogP contribution in [0, 0.1) is 0 Å². The van der Waals surface area contributed by atoms with E-state index < -0.39 is 0 Å². The largest absolute Gasteiger partial charge is 0.497 e. The molecule has 2 N–H and O–H groups in total. The first-order chi connectivity index (χ1) is 8.58. The summed E-state index contributed by atoms with van der Waals surface area (Å²) in [6.45, 7) is 5.26. The molecule has 2 rings (SSSR count). The Labute approximate surface area is 108 Å². The second kappa shape index (κ2) is 5.16. The number of methoxy groups -OCH3 is 1. The molecule has 1 aliphatic rings. The van der Waals surface area contributed by atoms with Crippen LogP contribution in [0.15, 0.2) is 18.2 Å². The van der Waals surface area contributed by atoms with Gasteiger partial charge in [-0.3, -0.25) is 0 Å². The van der Waals surface area contributed by atoms with Crippen molar-refractivity contribution in [3.63, 3.8) is 0 Å².